The van der Waals surface area contributed by atoms with Gasteiger partial charge in [-0.05, 0) is 25.0 Å². The van der Waals surface area contributed by atoms with Crippen LogP contribution in [0.2, 0.25) is 5.02 Å². The van der Waals surface area contributed by atoms with Gasteiger partial charge in [-0.2, -0.15) is 0 Å². The van der Waals surface area contributed by atoms with Gasteiger partial charge in [-0.15, -0.1) is 0 Å². The Morgan fingerprint density at radius 2 is 2.25 bits per heavy atom. The Hall–Kier alpha value is -1.17. The van der Waals surface area contributed by atoms with Crippen molar-refractivity contribution in [1.82, 2.24) is 10.3 Å². The first-order valence-electron chi connectivity index (χ1n) is 6.87. The first kappa shape index (κ1) is 13.8. The lowest BCUT2D eigenvalue weighted by atomic mass is 9.89. The number of hydrogen-bond acceptors (Lipinski definition) is 4. The standard InChI is InChI=1S/C14H17ClN2O3/c15-10-3-5-16-12(8-10)13(18)17-11-2-1-4-14(9-11)19-6-7-20-14/h3,5,8,11H,1-2,4,6-7,9H2,(H,17,18). The Labute approximate surface area is 122 Å². The van der Waals surface area contributed by atoms with Crippen molar-refractivity contribution < 1.29 is 14.3 Å². The van der Waals surface area contributed by atoms with Crippen LogP contribution in [0.25, 0.3) is 0 Å². The first-order chi connectivity index (χ1) is 9.67. The summed E-state index contributed by atoms with van der Waals surface area (Å²) in [5, 5.41) is 3.50. The van der Waals surface area contributed by atoms with Crippen LogP contribution in [0.15, 0.2) is 18.3 Å². The molecule has 1 atom stereocenters. The fourth-order valence-corrected chi connectivity index (χ4v) is 3.03. The van der Waals surface area contributed by atoms with Crippen molar-refractivity contribution >= 4 is 17.5 Å². The molecule has 6 heteroatoms. The predicted octanol–water partition coefficient (Wildman–Crippen LogP) is 2.15. The van der Waals surface area contributed by atoms with Gasteiger partial charge in [0.2, 0.25) is 0 Å². The molecule has 0 aromatic carbocycles. The van der Waals surface area contributed by atoms with Crippen LogP contribution >= 0.6 is 11.6 Å². The molecule has 2 aliphatic rings. The maximum Gasteiger partial charge on any atom is 0.270 e. The summed E-state index contributed by atoms with van der Waals surface area (Å²) in [5.74, 6) is -0.689. The Bertz CT molecular complexity index is 503. The Morgan fingerprint density at radius 3 is 3.00 bits per heavy atom. The van der Waals surface area contributed by atoms with E-state index in [0.29, 0.717) is 30.4 Å². The SMILES string of the molecule is O=C(NC1CCCC2(C1)OCCO2)c1cc(Cl)ccn1. The molecule has 1 amide bonds. The summed E-state index contributed by atoms with van der Waals surface area (Å²) in [7, 11) is 0. The van der Waals surface area contributed by atoms with Gasteiger partial charge in [-0.25, -0.2) is 0 Å². The van der Waals surface area contributed by atoms with E-state index in [0.717, 1.165) is 19.3 Å². The highest BCUT2D eigenvalue weighted by atomic mass is 35.5. The topological polar surface area (TPSA) is 60.5 Å². The first-order valence-corrected chi connectivity index (χ1v) is 7.25. The molecule has 1 unspecified atom stereocenters. The molecule has 0 bridgehead atoms. The van der Waals surface area contributed by atoms with E-state index in [4.69, 9.17) is 21.1 Å². The molecule has 1 aliphatic heterocycles. The van der Waals surface area contributed by atoms with E-state index in [1.165, 1.54) is 6.20 Å². The number of hydrogen-bond donors (Lipinski definition) is 1. The van der Waals surface area contributed by atoms with E-state index < -0.39 is 5.79 Å². The van der Waals surface area contributed by atoms with E-state index in [1.807, 2.05) is 0 Å². The molecule has 5 nitrogen and oxygen atoms in total. The number of amides is 1. The summed E-state index contributed by atoms with van der Waals surface area (Å²) in [5.41, 5.74) is 0.338. The zero-order valence-corrected chi connectivity index (χ0v) is 11.9. The highest BCUT2D eigenvalue weighted by Gasteiger charge is 2.41. The van der Waals surface area contributed by atoms with Gasteiger partial charge in [0.15, 0.2) is 5.79 Å². The molecule has 108 valence electrons. The van der Waals surface area contributed by atoms with Crippen molar-refractivity contribution in [2.45, 2.75) is 37.5 Å². The van der Waals surface area contributed by atoms with Crippen LogP contribution in [-0.4, -0.2) is 35.9 Å². The van der Waals surface area contributed by atoms with Crippen LogP contribution in [0.3, 0.4) is 0 Å². The lowest BCUT2D eigenvalue weighted by Gasteiger charge is -2.36. The van der Waals surface area contributed by atoms with Crippen LogP contribution in [0.4, 0.5) is 0 Å². The summed E-state index contributed by atoms with van der Waals surface area (Å²) in [6.07, 6.45) is 5.03. The van der Waals surface area contributed by atoms with E-state index in [9.17, 15) is 4.79 Å². The van der Waals surface area contributed by atoms with Crippen molar-refractivity contribution in [2.24, 2.45) is 0 Å². The van der Waals surface area contributed by atoms with Crippen LogP contribution in [0.5, 0.6) is 0 Å². The van der Waals surface area contributed by atoms with Gasteiger partial charge in [0, 0.05) is 30.1 Å². The van der Waals surface area contributed by atoms with Gasteiger partial charge >= 0.3 is 0 Å². The highest BCUT2D eigenvalue weighted by Crippen LogP contribution is 2.35. The number of halogens is 1. The number of carbonyl (C=O) groups excluding carboxylic acids is 1. The zero-order chi connectivity index (χ0) is 14.0. The van der Waals surface area contributed by atoms with Gasteiger partial charge in [-0.1, -0.05) is 11.6 Å². The van der Waals surface area contributed by atoms with Gasteiger partial charge in [0.1, 0.15) is 5.69 Å². The Balaban J connectivity index is 1.64. The minimum atomic E-state index is -0.488. The third-order valence-corrected chi connectivity index (χ3v) is 4.01. The molecule has 1 saturated heterocycles. The van der Waals surface area contributed by atoms with Crippen molar-refractivity contribution in [3.05, 3.63) is 29.0 Å². The van der Waals surface area contributed by atoms with E-state index in [2.05, 4.69) is 10.3 Å². The lowest BCUT2D eigenvalue weighted by Crippen LogP contribution is -2.46. The summed E-state index contributed by atoms with van der Waals surface area (Å²) in [6, 6.07) is 3.27. The molecule has 20 heavy (non-hydrogen) atoms. The molecule has 3 rings (SSSR count). The van der Waals surface area contributed by atoms with Gasteiger partial charge in [0.05, 0.1) is 13.2 Å². The van der Waals surface area contributed by atoms with Crippen LogP contribution in [-0.2, 0) is 9.47 Å². The van der Waals surface area contributed by atoms with Crippen LogP contribution in [0, 0.1) is 0 Å². The molecule has 1 N–H and O–H groups in total. The predicted molar refractivity (Wildman–Crippen MR) is 73.6 cm³/mol. The number of nitrogens with one attached hydrogen (secondary N) is 1. The average Bonchev–Trinajstić information content (AvgIpc) is 2.87. The molecular weight excluding hydrogens is 280 g/mol. The summed E-state index contributed by atoms with van der Waals surface area (Å²) in [6.45, 7) is 1.27. The fourth-order valence-electron chi connectivity index (χ4n) is 2.87. The number of ether oxygens (including phenoxy) is 2. The van der Waals surface area contributed by atoms with Gasteiger partial charge < -0.3 is 14.8 Å². The molecule has 2 fully saturated rings. The number of pyridine rings is 1. The van der Waals surface area contributed by atoms with Crippen LogP contribution < -0.4 is 5.32 Å². The van der Waals surface area contributed by atoms with Gasteiger partial charge in [0.25, 0.3) is 5.91 Å². The number of aromatic nitrogens is 1. The summed E-state index contributed by atoms with van der Waals surface area (Å²) >= 11 is 5.87. The minimum absolute atomic E-state index is 0.0510. The normalized spacial score (nSPS) is 24.8. The van der Waals surface area contributed by atoms with Crippen molar-refractivity contribution in [3.63, 3.8) is 0 Å². The maximum atomic E-state index is 12.2. The number of nitrogens with zero attached hydrogens (tertiary/aromatic N) is 1. The van der Waals surface area contributed by atoms with E-state index in [1.54, 1.807) is 12.1 Å². The monoisotopic (exact) mass is 296 g/mol. The highest BCUT2D eigenvalue weighted by molar-refractivity contribution is 6.30. The summed E-state index contributed by atoms with van der Waals surface area (Å²) in [4.78, 5) is 16.2. The third-order valence-electron chi connectivity index (χ3n) is 3.77. The molecule has 1 spiro atoms. The fraction of sp³-hybridized carbons (Fsp3) is 0.571. The molecular formula is C14H17ClN2O3. The van der Waals surface area contributed by atoms with E-state index in [-0.39, 0.29) is 11.9 Å². The molecule has 1 aromatic heterocycles. The number of carbonyl (C=O) groups is 1. The quantitative estimate of drug-likeness (QED) is 0.908. The molecule has 1 saturated carbocycles. The molecule has 2 heterocycles. The smallest absolute Gasteiger partial charge is 0.270 e. The van der Waals surface area contributed by atoms with E-state index >= 15 is 0 Å². The second-order valence-corrected chi connectivity index (χ2v) is 5.67. The lowest BCUT2D eigenvalue weighted by molar-refractivity contribution is -0.181. The van der Waals surface area contributed by atoms with Gasteiger partial charge in [-0.3, -0.25) is 9.78 Å². The van der Waals surface area contributed by atoms with Crippen molar-refractivity contribution in [1.29, 1.82) is 0 Å². The largest absolute Gasteiger partial charge is 0.348 e. The molecule has 1 aliphatic carbocycles. The van der Waals surface area contributed by atoms with Crippen molar-refractivity contribution in [3.8, 4) is 0 Å². The average molecular weight is 297 g/mol. The van der Waals surface area contributed by atoms with Crippen LogP contribution in [0.1, 0.15) is 36.2 Å². The number of rotatable bonds is 2. The second kappa shape index (κ2) is 5.68. The second-order valence-electron chi connectivity index (χ2n) is 5.23. The summed E-state index contributed by atoms with van der Waals surface area (Å²) < 4.78 is 11.4. The van der Waals surface area contributed by atoms with Crippen molar-refractivity contribution in [2.75, 3.05) is 13.2 Å². The Kier molecular flexibility index (Phi) is 3.92. The zero-order valence-electron chi connectivity index (χ0n) is 11.1. The maximum absolute atomic E-state index is 12.2. The molecule has 0 radical (unpaired) electrons. The molecule has 1 aromatic rings. The third kappa shape index (κ3) is 2.95. The Morgan fingerprint density at radius 1 is 1.45 bits per heavy atom. The minimum Gasteiger partial charge on any atom is -0.348 e.